The number of benzene rings is 1. The summed E-state index contributed by atoms with van der Waals surface area (Å²) in [5.74, 6) is -1.40. The van der Waals surface area contributed by atoms with E-state index in [-0.39, 0.29) is 34.4 Å². The second-order valence-corrected chi connectivity index (χ2v) is 5.26. The van der Waals surface area contributed by atoms with Crippen molar-refractivity contribution in [3.05, 3.63) is 29.8 Å². The molecule has 0 aliphatic carbocycles. The maximum atomic E-state index is 12.1. The van der Waals surface area contributed by atoms with E-state index < -0.39 is 17.4 Å². The standard InChI is InChI=1S/C13H13F3O3S/c1-8(12(18)19-2)7-11(17)9-3-5-10(6-4-9)20-13(14,15)16/h3-6,8H,7H2,1-2H3. The molecule has 1 aromatic rings. The van der Waals surface area contributed by atoms with Gasteiger partial charge in [0.1, 0.15) is 0 Å². The maximum Gasteiger partial charge on any atom is 0.446 e. The molecule has 20 heavy (non-hydrogen) atoms. The highest BCUT2D eigenvalue weighted by molar-refractivity contribution is 8.00. The van der Waals surface area contributed by atoms with Crippen LogP contribution in [0.2, 0.25) is 0 Å². The summed E-state index contributed by atoms with van der Waals surface area (Å²) in [5, 5.41) is 0. The molecule has 110 valence electrons. The van der Waals surface area contributed by atoms with Crippen LogP contribution in [-0.2, 0) is 9.53 Å². The van der Waals surface area contributed by atoms with Crippen molar-refractivity contribution in [1.29, 1.82) is 0 Å². The van der Waals surface area contributed by atoms with E-state index >= 15 is 0 Å². The molecule has 0 aromatic heterocycles. The summed E-state index contributed by atoms with van der Waals surface area (Å²) in [7, 11) is 1.23. The number of thioether (sulfide) groups is 1. The van der Waals surface area contributed by atoms with Crippen molar-refractivity contribution < 1.29 is 27.5 Å². The first-order valence-electron chi connectivity index (χ1n) is 5.70. The van der Waals surface area contributed by atoms with E-state index in [0.717, 1.165) is 0 Å². The van der Waals surface area contributed by atoms with Crippen LogP contribution in [0.1, 0.15) is 23.7 Å². The quantitative estimate of drug-likeness (QED) is 0.473. The lowest BCUT2D eigenvalue weighted by molar-refractivity contribution is -0.144. The monoisotopic (exact) mass is 306 g/mol. The molecule has 0 bridgehead atoms. The number of halogens is 3. The minimum absolute atomic E-state index is 0.00932. The molecule has 0 saturated heterocycles. The summed E-state index contributed by atoms with van der Waals surface area (Å²) < 4.78 is 40.9. The van der Waals surface area contributed by atoms with Gasteiger partial charge in [0.2, 0.25) is 0 Å². The number of methoxy groups -OCH3 is 1. The fourth-order valence-electron chi connectivity index (χ4n) is 1.52. The molecule has 1 unspecified atom stereocenters. The fourth-order valence-corrected chi connectivity index (χ4v) is 2.06. The third kappa shape index (κ3) is 5.24. The zero-order chi connectivity index (χ0) is 15.3. The molecule has 1 atom stereocenters. The molecule has 0 heterocycles. The molecule has 1 aromatic carbocycles. The van der Waals surface area contributed by atoms with Crippen LogP contribution in [0.5, 0.6) is 0 Å². The van der Waals surface area contributed by atoms with Crippen molar-refractivity contribution in [2.75, 3.05) is 7.11 Å². The van der Waals surface area contributed by atoms with Gasteiger partial charge in [-0.25, -0.2) is 0 Å². The first-order valence-corrected chi connectivity index (χ1v) is 6.51. The molecule has 0 fully saturated rings. The lowest BCUT2D eigenvalue weighted by atomic mass is 10.00. The second kappa shape index (κ2) is 6.78. The molecule has 0 N–H and O–H groups in total. The number of hydrogen-bond acceptors (Lipinski definition) is 4. The predicted octanol–water partition coefficient (Wildman–Crippen LogP) is 3.68. The van der Waals surface area contributed by atoms with Gasteiger partial charge in [0, 0.05) is 16.9 Å². The highest BCUT2D eigenvalue weighted by Crippen LogP contribution is 2.36. The van der Waals surface area contributed by atoms with Crippen LogP contribution >= 0.6 is 11.8 Å². The van der Waals surface area contributed by atoms with E-state index in [1.165, 1.54) is 31.4 Å². The van der Waals surface area contributed by atoms with Crippen molar-refractivity contribution in [1.82, 2.24) is 0 Å². The van der Waals surface area contributed by atoms with Crippen molar-refractivity contribution in [2.45, 2.75) is 23.7 Å². The highest BCUT2D eigenvalue weighted by Gasteiger charge is 2.29. The molecule has 7 heteroatoms. The van der Waals surface area contributed by atoms with E-state index in [1.807, 2.05) is 0 Å². The average molecular weight is 306 g/mol. The molecule has 0 radical (unpaired) electrons. The number of ether oxygens (including phenoxy) is 1. The van der Waals surface area contributed by atoms with Gasteiger partial charge in [-0.2, -0.15) is 13.2 Å². The summed E-state index contributed by atoms with van der Waals surface area (Å²) in [6.45, 7) is 1.55. The molecular formula is C13H13F3O3S. The van der Waals surface area contributed by atoms with Crippen molar-refractivity contribution >= 4 is 23.5 Å². The maximum absolute atomic E-state index is 12.1. The molecule has 0 spiro atoms. The van der Waals surface area contributed by atoms with Gasteiger partial charge >= 0.3 is 11.5 Å². The summed E-state index contributed by atoms with van der Waals surface area (Å²) in [4.78, 5) is 23.0. The zero-order valence-corrected chi connectivity index (χ0v) is 11.7. The number of carbonyl (C=O) groups excluding carboxylic acids is 2. The van der Waals surface area contributed by atoms with Gasteiger partial charge in [0.05, 0.1) is 13.0 Å². The lowest BCUT2D eigenvalue weighted by Crippen LogP contribution is -2.16. The largest absolute Gasteiger partial charge is 0.469 e. The molecular weight excluding hydrogens is 293 g/mol. The zero-order valence-electron chi connectivity index (χ0n) is 10.9. The first kappa shape index (κ1) is 16.6. The number of carbonyl (C=O) groups is 2. The Morgan fingerprint density at radius 2 is 1.80 bits per heavy atom. The minimum Gasteiger partial charge on any atom is -0.469 e. The molecule has 1 rings (SSSR count). The van der Waals surface area contributed by atoms with Crippen molar-refractivity contribution in [3.8, 4) is 0 Å². The van der Waals surface area contributed by atoms with E-state index in [0.29, 0.717) is 0 Å². The van der Waals surface area contributed by atoms with Gasteiger partial charge < -0.3 is 4.74 Å². The smallest absolute Gasteiger partial charge is 0.446 e. The van der Waals surface area contributed by atoms with Crippen LogP contribution in [0, 0.1) is 5.92 Å². The van der Waals surface area contributed by atoms with Gasteiger partial charge in [-0.15, -0.1) is 0 Å². The van der Waals surface area contributed by atoms with Crippen molar-refractivity contribution in [3.63, 3.8) is 0 Å². The van der Waals surface area contributed by atoms with Crippen LogP contribution in [0.25, 0.3) is 0 Å². The van der Waals surface area contributed by atoms with Gasteiger partial charge in [0.25, 0.3) is 0 Å². The summed E-state index contributed by atoms with van der Waals surface area (Å²) in [6, 6.07) is 5.10. The van der Waals surface area contributed by atoms with Crippen molar-refractivity contribution in [2.24, 2.45) is 5.92 Å². The highest BCUT2D eigenvalue weighted by atomic mass is 32.2. The molecule has 0 amide bonds. The van der Waals surface area contributed by atoms with Gasteiger partial charge in [0.15, 0.2) is 5.78 Å². The summed E-state index contributed by atoms with van der Waals surface area (Å²) in [5.41, 5.74) is -4.09. The Morgan fingerprint density at radius 1 is 1.25 bits per heavy atom. The van der Waals surface area contributed by atoms with Crippen LogP contribution in [0.3, 0.4) is 0 Å². The Kier molecular flexibility index (Phi) is 5.62. The molecule has 0 aliphatic rings. The Balaban J connectivity index is 2.69. The van der Waals surface area contributed by atoms with Crippen LogP contribution in [0.15, 0.2) is 29.2 Å². The third-order valence-corrected chi connectivity index (χ3v) is 3.24. The Hall–Kier alpha value is -1.50. The number of hydrogen-bond donors (Lipinski definition) is 0. The first-order chi connectivity index (χ1) is 9.23. The Morgan fingerprint density at radius 3 is 2.25 bits per heavy atom. The lowest BCUT2D eigenvalue weighted by Gasteiger charge is -2.09. The number of ketones is 1. The van der Waals surface area contributed by atoms with E-state index in [1.54, 1.807) is 6.92 Å². The van der Waals surface area contributed by atoms with Crippen LogP contribution < -0.4 is 0 Å². The number of Topliss-reactive ketones (excluding diaryl/α,β-unsaturated/α-hetero) is 1. The number of rotatable bonds is 5. The third-order valence-electron chi connectivity index (χ3n) is 2.51. The number of esters is 1. The predicted molar refractivity (Wildman–Crippen MR) is 68.5 cm³/mol. The summed E-state index contributed by atoms with van der Waals surface area (Å²) >= 11 is -0.242. The topological polar surface area (TPSA) is 43.4 Å². The SMILES string of the molecule is COC(=O)C(C)CC(=O)c1ccc(SC(F)(F)F)cc1. The molecule has 0 saturated carbocycles. The van der Waals surface area contributed by atoms with Gasteiger partial charge in [-0.3, -0.25) is 9.59 Å². The molecule has 0 aliphatic heterocycles. The Labute approximate surface area is 118 Å². The molecule has 3 nitrogen and oxygen atoms in total. The Bertz CT molecular complexity index is 483. The number of alkyl halides is 3. The van der Waals surface area contributed by atoms with Crippen LogP contribution in [0.4, 0.5) is 13.2 Å². The fraction of sp³-hybridized carbons (Fsp3) is 0.385. The normalized spacial score (nSPS) is 12.8. The summed E-state index contributed by atoms with van der Waals surface area (Å²) in [6.07, 6.45) is -0.0432. The minimum atomic E-state index is -4.36. The second-order valence-electron chi connectivity index (χ2n) is 4.12. The van der Waals surface area contributed by atoms with Gasteiger partial charge in [-0.1, -0.05) is 19.1 Å². The van der Waals surface area contributed by atoms with E-state index in [9.17, 15) is 22.8 Å². The van der Waals surface area contributed by atoms with Crippen LogP contribution in [-0.4, -0.2) is 24.4 Å². The van der Waals surface area contributed by atoms with E-state index in [2.05, 4.69) is 4.74 Å². The van der Waals surface area contributed by atoms with Gasteiger partial charge in [-0.05, 0) is 23.9 Å². The van der Waals surface area contributed by atoms with E-state index in [4.69, 9.17) is 0 Å². The average Bonchev–Trinajstić information content (AvgIpc) is 2.36.